The number of thiazole rings is 1. The first-order valence-corrected chi connectivity index (χ1v) is 3.22. The first kappa shape index (κ1) is 9.64. The van der Waals surface area contributed by atoms with Gasteiger partial charge in [0, 0.05) is 5.38 Å². The molecule has 1 rings (SSSR count). The maximum atomic E-state index is 5.32. The lowest BCUT2D eigenvalue weighted by Gasteiger charge is -1.88. The predicted molar refractivity (Wildman–Crippen MR) is 42.8 cm³/mol. The fourth-order valence-corrected chi connectivity index (χ4v) is 1.02. The predicted octanol–water partition coefficient (Wildman–Crippen LogP) is 0.537. The van der Waals surface area contributed by atoms with E-state index in [4.69, 9.17) is 11.6 Å². The number of hydrogen-bond acceptors (Lipinski definition) is 5. The topological polar surface area (TPSA) is 74.2 Å². The van der Waals surface area contributed by atoms with E-state index in [9.17, 15) is 0 Å². The Bertz CT molecular complexity index is 192. The first-order valence-electron chi connectivity index (χ1n) is 2.34. The molecule has 0 saturated carbocycles. The molecular formula is C4H8ClN3OS. The fraction of sp³-hybridized carbons (Fsp3) is 0.250. The molecule has 0 bridgehead atoms. The lowest BCUT2D eigenvalue weighted by atomic mass is 10.5. The van der Waals surface area contributed by atoms with Gasteiger partial charge in [-0.15, -0.1) is 23.7 Å². The molecule has 1 heterocycles. The van der Waals surface area contributed by atoms with Crippen molar-refractivity contribution < 1.29 is 4.84 Å². The van der Waals surface area contributed by atoms with E-state index in [2.05, 4.69) is 9.82 Å². The van der Waals surface area contributed by atoms with E-state index in [1.165, 1.54) is 11.3 Å². The Labute approximate surface area is 68.6 Å². The highest BCUT2D eigenvalue weighted by molar-refractivity contribution is 7.13. The highest BCUT2D eigenvalue weighted by Crippen LogP contribution is 2.10. The van der Waals surface area contributed by atoms with E-state index in [0.717, 1.165) is 5.69 Å². The van der Waals surface area contributed by atoms with Crippen LogP contribution in [0, 0.1) is 0 Å². The van der Waals surface area contributed by atoms with Crippen LogP contribution in [0.4, 0.5) is 5.13 Å². The van der Waals surface area contributed by atoms with Crippen LogP contribution in [0.1, 0.15) is 5.69 Å². The second kappa shape index (κ2) is 4.45. The Hall–Kier alpha value is -0.360. The molecule has 0 aromatic carbocycles. The molecule has 0 fully saturated rings. The average Bonchev–Trinajstić information content (AvgIpc) is 2.17. The van der Waals surface area contributed by atoms with Crippen molar-refractivity contribution >= 4 is 28.9 Å². The van der Waals surface area contributed by atoms with Crippen molar-refractivity contribution in [3.8, 4) is 0 Å². The number of hydrogen-bond donors (Lipinski definition) is 2. The van der Waals surface area contributed by atoms with Crippen LogP contribution in [0.3, 0.4) is 0 Å². The molecular weight excluding hydrogens is 174 g/mol. The van der Waals surface area contributed by atoms with Crippen molar-refractivity contribution in [2.75, 3.05) is 5.73 Å². The first-order chi connectivity index (χ1) is 4.33. The van der Waals surface area contributed by atoms with Crippen LogP contribution in [0.5, 0.6) is 0 Å². The molecule has 0 aliphatic rings. The average molecular weight is 182 g/mol. The number of nitrogen functional groups attached to an aromatic ring is 1. The van der Waals surface area contributed by atoms with E-state index >= 15 is 0 Å². The van der Waals surface area contributed by atoms with Crippen molar-refractivity contribution in [2.45, 2.75) is 6.61 Å². The fourth-order valence-electron chi connectivity index (χ4n) is 0.474. The number of rotatable bonds is 2. The van der Waals surface area contributed by atoms with Gasteiger partial charge in [0.05, 0.1) is 5.69 Å². The second-order valence-electron chi connectivity index (χ2n) is 1.49. The summed E-state index contributed by atoms with van der Waals surface area (Å²) >= 11 is 1.38. The van der Waals surface area contributed by atoms with E-state index in [1.54, 1.807) is 0 Å². The number of nitrogens with two attached hydrogens (primary N) is 2. The summed E-state index contributed by atoms with van der Waals surface area (Å²) in [5.41, 5.74) is 6.10. The molecule has 0 amide bonds. The minimum Gasteiger partial charge on any atom is -0.375 e. The molecule has 1 aromatic rings. The molecule has 4 nitrogen and oxygen atoms in total. The van der Waals surface area contributed by atoms with E-state index < -0.39 is 0 Å². The Morgan fingerprint density at radius 1 is 1.70 bits per heavy atom. The zero-order valence-electron chi connectivity index (χ0n) is 5.11. The van der Waals surface area contributed by atoms with E-state index in [-0.39, 0.29) is 12.4 Å². The van der Waals surface area contributed by atoms with Gasteiger partial charge in [-0.05, 0) is 0 Å². The van der Waals surface area contributed by atoms with Gasteiger partial charge in [0.15, 0.2) is 5.13 Å². The Balaban J connectivity index is 0.000000810. The van der Waals surface area contributed by atoms with E-state index in [1.807, 2.05) is 5.38 Å². The Morgan fingerprint density at radius 3 is 2.80 bits per heavy atom. The van der Waals surface area contributed by atoms with Crippen LogP contribution >= 0.6 is 23.7 Å². The van der Waals surface area contributed by atoms with Gasteiger partial charge in [-0.2, -0.15) is 0 Å². The molecule has 0 atom stereocenters. The summed E-state index contributed by atoms with van der Waals surface area (Å²) in [7, 11) is 0. The molecule has 58 valence electrons. The van der Waals surface area contributed by atoms with Gasteiger partial charge >= 0.3 is 0 Å². The van der Waals surface area contributed by atoms with Gasteiger partial charge in [-0.1, -0.05) is 0 Å². The minimum absolute atomic E-state index is 0. The summed E-state index contributed by atoms with van der Waals surface area (Å²) in [6, 6.07) is 0. The van der Waals surface area contributed by atoms with Gasteiger partial charge in [-0.3, -0.25) is 4.84 Å². The van der Waals surface area contributed by atoms with Crippen molar-refractivity contribution in [1.29, 1.82) is 0 Å². The maximum absolute atomic E-state index is 5.32. The highest BCUT2D eigenvalue weighted by atomic mass is 35.5. The maximum Gasteiger partial charge on any atom is 0.180 e. The summed E-state index contributed by atoms with van der Waals surface area (Å²) in [6.45, 7) is 0.327. The molecule has 0 aliphatic heterocycles. The molecule has 1 aromatic heterocycles. The van der Waals surface area contributed by atoms with Crippen molar-refractivity contribution in [3.05, 3.63) is 11.1 Å². The summed E-state index contributed by atoms with van der Waals surface area (Å²) < 4.78 is 0. The van der Waals surface area contributed by atoms with Crippen molar-refractivity contribution in [2.24, 2.45) is 5.90 Å². The van der Waals surface area contributed by atoms with Gasteiger partial charge in [-0.25, -0.2) is 10.9 Å². The third-order valence-electron chi connectivity index (χ3n) is 0.801. The van der Waals surface area contributed by atoms with Gasteiger partial charge in [0.1, 0.15) is 6.61 Å². The molecule has 6 heteroatoms. The Kier molecular flexibility index (Phi) is 4.29. The lowest BCUT2D eigenvalue weighted by molar-refractivity contribution is 0.122. The van der Waals surface area contributed by atoms with Crippen LogP contribution in [0.25, 0.3) is 0 Å². The third-order valence-corrected chi connectivity index (χ3v) is 1.52. The van der Waals surface area contributed by atoms with Gasteiger partial charge in [0.2, 0.25) is 0 Å². The lowest BCUT2D eigenvalue weighted by Crippen LogP contribution is -1.98. The molecule has 0 spiro atoms. The Morgan fingerprint density at radius 2 is 2.40 bits per heavy atom. The largest absolute Gasteiger partial charge is 0.375 e. The van der Waals surface area contributed by atoms with Crippen LogP contribution in [-0.4, -0.2) is 4.98 Å². The molecule has 0 radical (unpaired) electrons. The summed E-state index contributed by atoms with van der Waals surface area (Å²) in [4.78, 5) is 8.22. The van der Waals surface area contributed by atoms with Crippen LogP contribution in [0.15, 0.2) is 5.38 Å². The number of halogens is 1. The zero-order chi connectivity index (χ0) is 6.69. The summed E-state index contributed by atoms with van der Waals surface area (Å²) in [5, 5.41) is 2.35. The molecule has 0 saturated heterocycles. The van der Waals surface area contributed by atoms with Crippen molar-refractivity contribution in [3.63, 3.8) is 0 Å². The monoisotopic (exact) mass is 181 g/mol. The highest BCUT2D eigenvalue weighted by Gasteiger charge is 1.95. The number of nitrogens with zero attached hydrogens (tertiary/aromatic N) is 1. The molecule has 0 unspecified atom stereocenters. The van der Waals surface area contributed by atoms with Crippen LogP contribution < -0.4 is 11.6 Å². The van der Waals surface area contributed by atoms with Crippen molar-refractivity contribution in [1.82, 2.24) is 4.98 Å². The molecule has 10 heavy (non-hydrogen) atoms. The third kappa shape index (κ3) is 2.49. The smallest absolute Gasteiger partial charge is 0.180 e. The quantitative estimate of drug-likeness (QED) is 0.653. The van der Waals surface area contributed by atoms with E-state index in [0.29, 0.717) is 11.7 Å². The molecule has 4 N–H and O–H groups in total. The number of aromatic nitrogens is 1. The number of anilines is 1. The van der Waals surface area contributed by atoms with Crippen LogP contribution in [-0.2, 0) is 11.4 Å². The second-order valence-corrected chi connectivity index (χ2v) is 2.38. The summed E-state index contributed by atoms with van der Waals surface area (Å²) in [6.07, 6.45) is 0. The van der Waals surface area contributed by atoms with Crippen LogP contribution in [0.2, 0.25) is 0 Å². The normalized spacial score (nSPS) is 8.90. The zero-order valence-corrected chi connectivity index (χ0v) is 6.74. The minimum atomic E-state index is 0. The van der Waals surface area contributed by atoms with Gasteiger partial charge in [0.25, 0.3) is 0 Å². The summed E-state index contributed by atoms with van der Waals surface area (Å²) in [5.74, 6) is 4.79. The van der Waals surface area contributed by atoms with Gasteiger partial charge < -0.3 is 5.73 Å². The molecule has 0 aliphatic carbocycles. The SMILES string of the molecule is Cl.NOCc1csc(N)n1. The standard InChI is InChI=1S/C4H7N3OS.ClH/c5-4-7-3(1-8-6)2-9-4;/h2H,1,6H2,(H2,5,7);1H.